The van der Waals surface area contributed by atoms with E-state index in [0.29, 0.717) is 18.7 Å². The average molecular weight is 353 g/mol. The van der Waals surface area contributed by atoms with E-state index in [0.717, 1.165) is 17.6 Å². The highest BCUT2D eigenvalue weighted by molar-refractivity contribution is 5.94. The van der Waals surface area contributed by atoms with E-state index in [4.69, 9.17) is 9.15 Å². The molecule has 0 saturated carbocycles. The molecule has 26 heavy (non-hydrogen) atoms. The van der Waals surface area contributed by atoms with Crippen LogP contribution in [0.15, 0.2) is 47.3 Å². The predicted octanol–water partition coefficient (Wildman–Crippen LogP) is 2.58. The van der Waals surface area contributed by atoms with E-state index < -0.39 is 12.0 Å². The number of esters is 1. The molecular formula is C19H19N3O4. The number of pyridine rings is 1. The van der Waals surface area contributed by atoms with Crippen LogP contribution in [0.5, 0.6) is 0 Å². The van der Waals surface area contributed by atoms with E-state index in [1.807, 2.05) is 35.9 Å². The third kappa shape index (κ3) is 2.96. The topological polar surface area (TPSA) is 77.0 Å². The molecule has 0 bridgehead atoms. The Kier molecular flexibility index (Phi) is 4.20. The Morgan fingerprint density at radius 3 is 3.00 bits per heavy atom. The van der Waals surface area contributed by atoms with Crippen LogP contribution in [0, 0.1) is 6.92 Å². The average Bonchev–Trinajstić information content (AvgIpc) is 3.39. The molecule has 4 rings (SSSR count). The number of hydrogen-bond donors (Lipinski definition) is 0. The third-order valence-electron chi connectivity index (χ3n) is 4.61. The number of aryl methyl sites for hydroxylation is 1. The summed E-state index contributed by atoms with van der Waals surface area (Å²) in [6.07, 6.45) is 6.55. The molecule has 1 atom stereocenters. The van der Waals surface area contributed by atoms with Crippen molar-refractivity contribution in [1.82, 2.24) is 14.3 Å². The maximum absolute atomic E-state index is 12.5. The highest BCUT2D eigenvalue weighted by atomic mass is 16.5. The van der Waals surface area contributed by atoms with Crippen LogP contribution in [-0.2, 0) is 16.1 Å². The van der Waals surface area contributed by atoms with Gasteiger partial charge in [0, 0.05) is 18.9 Å². The smallest absolute Gasteiger partial charge is 0.329 e. The first-order chi connectivity index (χ1) is 12.6. The minimum Gasteiger partial charge on any atom is -0.459 e. The van der Waals surface area contributed by atoms with Gasteiger partial charge in [-0.2, -0.15) is 0 Å². The first-order valence-corrected chi connectivity index (χ1v) is 8.58. The van der Waals surface area contributed by atoms with Crippen molar-refractivity contribution in [3.8, 4) is 0 Å². The maximum Gasteiger partial charge on any atom is 0.329 e. The molecule has 0 unspecified atom stereocenters. The molecule has 0 aliphatic carbocycles. The Balaban J connectivity index is 1.43. The summed E-state index contributed by atoms with van der Waals surface area (Å²) in [6, 6.07) is 6.60. The van der Waals surface area contributed by atoms with Crippen LogP contribution in [0.4, 0.5) is 0 Å². The monoisotopic (exact) mass is 353 g/mol. The van der Waals surface area contributed by atoms with E-state index in [2.05, 4.69) is 4.98 Å². The second-order valence-corrected chi connectivity index (χ2v) is 6.40. The Morgan fingerprint density at radius 2 is 2.23 bits per heavy atom. The number of hydrogen-bond acceptors (Lipinski definition) is 5. The van der Waals surface area contributed by atoms with Gasteiger partial charge >= 0.3 is 5.97 Å². The van der Waals surface area contributed by atoms with E-state index >= 15 is 0 Å². The third-order valence-corrected chi connectivity index (χ3v) is 4.61. The van der Waals surface area contributed by atoms with E-state index in [1.165, 1.54) is 11.2 Å². The minimum atomic E-state index is -0.577. The van der Waals surface area contributed by atoms with Crippen molar-refractivity contribution < 1.29 is 18.7 Å². The van der Waals surface area contributed by atoms with E-state index in [-0.39, 0.29) is 18.3 Å². The van der Waals surface area contributed by atoms with E-state index in [1.54, 1.807) is 12.1 Å². The molecule has 7 heteroatoms. The number of furan rings is 1. The predicted molar refractivity (Wildman–Crippen MR) is 92.5 cm³/mol. The SMILES string of the molecule is Cc1cccn2cc(COC(=O)[C@@H]3CCCN3C(=O)c3ccco3)nc12. The highest BCUT2D eigenvalue weighted by Gasteiger charge is 2.36. The normalized spacial score (nSPS) is 17.0. The Hall–Kier alpha value is -3.09. The molecule has 3 aromatic heterocycles. The molecule has 1 aliphatic rings. The zero-order chi connectivity index (χ0) is 18.1. The summed E-state index contributed by atoms with van der Waals surface area (Å²) in [5.74, 6) is -0.450. The lowest BCUT2D eigenvalue weighted by Crippen LogP contribution is -2.41. The van der Waals surface area contributed by atoms with Crippen molar-refractivity contribution in [2.24, 2.45) is 0 Å². The standard InChI is InChI=1S/C19H19N3O4/c1-13-5-2-8-21-11-14(20-17(13)21)12-26-19(24)15-6-3-9-22(15)18(23)16-7-4-10-25-16/h2,4-5,7-8,10-11,15H,3,6,9,12H2,1H3/t15-/m0/s1. The lowest BCUT2D eigenvalue weighted by Gasteiger charge is -2.22. The van der Waals surface area contributed by atoms with Crippen LogP contribution in [0.1, 0.15) is 34.7 Å². The number of nitrogens with zero attached hydrogens (tertiary/aromatic N) is 3. The number of rotatable bonds is 4. The Labute approximate surface area is 150 Å². The molecule has 1 fully saturated rings. The molecule has 4 heterocycles. The van der Waals surface area contributed by atoms with Gasteiger partial charge in [-0.05, 0) is 43.5 Å². The van der Waals surface area contributed by atoms with Crippen molar-refractivity contribution in [3.05, 3.63) is 59.9 Å². The fourth-order valence-electron chi connectivity index (χ4n) is 3.31. The lowest BCUT2D eigenvalue weighted by molar-refractivity contribution is -0.149. The molecule has 0 N–H and O–H groups in total. The van der Waals surface area contributed by atoms with Crippen molar-refractivity contribution in [3.63, 3.8) is 0 Å². The number of imidazole rings is 1. The van der Waals surface area contributed by atoms with Gasteiger partial charge in [0.1, 0.15) is 18.3 Å². The molecule has 1 aliphatic heterocycles. The summed E-state index contributed by atoms with van der Waals surface area (Å²) in [4.78, 5) is 31.0. The highest BCUT2D eigenvalue weighted by Crippen LogP contribution is 2.22. The molecule has 0 spiro atoms. The summed E-state index contributed by atoms with van der Waals surface area (Å²) in [5.41, 5.74) is 2.57. The Morgan fingerprint density at radius 1 is 1.35 bits per heavy atom. The van der Waals surface area contributed by atoms with Gasteiger partial charge in [-0.3, -0.25) is 4.79 Å². The van der Waals surface area contributed by atoms with Crippen molar-refractivity contribution in [2.75, 3.05) is 6.54 Å². The van der Waals surface area contributed by atoms with Gasteiger partial charge in [0.15, 0.2) is 5.76 Å². The summed E-state index contributed by atoms with van der Waals surface area (Å²) in [6.45, 7) is 2.58. The summed E-state index contributed by atoms with van der Waals surface area (Å²) in [7, 11) is 0. The number of likely N-dealkylation sites (tertiary alicyclic amines) is 1. The maximum atomic E-state index is 12.5. The molecular weight excluding hydrogens is 334 g/mol. The number of fused-ring (bicyclic) bond motifs is 1. The molecule has 134 valence electrons. The number of aromatic nitrogens is 2. The van der Waals surface area contributed by atoms with Crippen molar-refractivity contribution >= 4 is 17.5 Å². The van der Waals surface area contributed by atoms with Crippen LogP contribution >= 0.6 is 0 Å². The first kappa shape index (κ1) is 16.4. The van der Waals surface area contributed by atoms with Crippen molar-refractivity contribution in [1.29, 1.82) is 0 Å². The van der Waals surface area contributed by atoms with Gasteiger partial charge in [-0.15, -0.1) is 0 Å². The van der Waals surface area contributed by atoms with Gasteiger partial charge < -0.3 is 18.5 Å². The van der Waals surface area contributed by atoms with Crippen LogP contribution in [0.3, 0.4) is 0 Å². The number of amides is 1. The second kappa shape index (κ2) is 6.67. The summed E-state index contributed by atoms with van der Waals surface area (Å²) < 4.78 is 12.5. The molecule has 1 saturated heterocycles. The minimum absolute atomic E-state index is 0.0826. The van der Waals surface area contributed by atoms with Crippen LogP contribution in [0.25, 0.3) is 5.65 Å². The molecule has 0 aromatic carbocycles. The zero-order valence-corrected chi connectivity index (χ0v) is 14.4. The zero-order valence-electron chi connectivity index (χ0n) is 14.4. The quantitative estimate of drug-likeness (QED) is 0.674. The van der Waals surface area contributed by atoms with Crippen LogP contribution in [0.2, 0.25) is 0 Å². The summed E-state index contributed by atoms with van der Waals surface area (Å²) >= 11 is 0. The van der Waals surface area contributed by atoms with Crippen LogP contribution in [-0.4, -0.2) is 38.7 Å². The number of ether oxygens (including phenoxy) is 1. The largest absolute Gasteiger partial charge is 0.459 e. The van der Waals surface area contributed by atoms with Gasteiger partial charge in [0.05, 0.1) is 12.0 Å². The van der Waals surface area contributed by atoms with Gasteiger partial charge in [0.2, 0.25) is 0 Å². The fraction of sp³-hybridized carbons (Fsp3) is 0.316. The molecule has 0 radical (unpaired) electrons. The molecule has 3 aromatic rings. The second-order valence-electron chi connectivity index (χ2n) is 6.40. The lowest BCUT2D eigenvalue weighted by atomic mass is 10.2. The van der Waals surface area contributed by atoms with Gasteiger partial charge in [0.25, 0.3) is 5.91 Å². The number of carbonyl (C=O) groups excluding carboxylic acids is 2. The summed E-state index contributed by atoms with van der Waals surface area (Å²) in [5, 5.41) is 0. The van der Waals surface area contributed by atoms with Gasteiger partial charge in [-0.25, -0.2) is 9.78 Å². The molecule has 7 nitrogen and oxygen atoms in total. The number of carbonyl (C=O) groups is 2. The Bertz CT molecular complexity index is 945. The van der Waals surface area contributed by atoms with E-state index in [9.17, 15) is 9.59 Å². The van der Waals surface area contributed by atoms with Crippen molar-refractivity contribution in [2.45, 2.75) is 32.4 Å². The van der Waals surface area contributed by atoms with Gasteiger partial charge in [-0.1, -0.05) is 6.07 Å². The first-order valence-electron chi connectivity index (χ1n) is 8.58. The molecule has 1 amide bonds. The van der Waals surface area contributed by atoms with Crippen LogP contribution < -0.4 is 0 Å². The fourth-order valence-corrected chi connectivity index (χ4v) is 3.31.